The molecule has 1 amide bonds. The number of hydrogen-bond donors (Lipinski definition) is 1. The van der Waals surface area contributed by atoms with Crippen LogP contribution in [-0.4, -0.2) is 12.5 Å². The molecule has 0 unspecified atom stereocenters. The van der Waals surface area contributed by atoms with Crippen LogP contribution < -0.4 is 5.73 Å². The molecule has 1 rings (SSSR count). The van der Waals surface area contributed by atoms with Crippen molar-refractivity contribution in [2.75, 3.05) is 6.61 Å². The summed E-state index contributed by atoms with van der Waals surface area (Å²) in [4.78, 5) is 11.2. The Balaban J connectivity index is 2.87. The van der Waals surface area contributed by atoms with Gasteiger partial charge in [-0.05, 0) is 11.6 Å². The fourth-order valence-corrected chi connectivity index (χ4v) is 1.21. The van der Waals surface area contributed by atoms with Crippen molar-refractivity contribution in [3.05, 3.63) is 59.5 Å². The lowest BCUT2D eigenvalue weighted by atomic mass is 10.1. The Kier molecular flexibility index (Phi) is 5.66. The molecular formula is C13H12ClNO2. The van der Waals surface area contributed by atoms with E-state index in [0.717, 1.165) is 0 Å². The van der Waals surface area contributed by atoms with E-state index in [1.807, 2.05) is 18.2 Å². The minimum atomic E-state index is -0.552. The highest BCUT2D eigenvalue weighted by molar-refractivity contribution is 6.25. The Morgan fingerprint density at radius 2 is 2.12 bits per heavy atom. The Morgan fingerprint density at radius 1 is 1.41 bits per heavy atom. The summed E-state index contributed by atoms with van der Waals surface area (Å²) >= 11 is 5.32. The predicted molar refractivity (Wildman–Crippen MR) is 68.1 cm³/mol. The molecule has 0 radical (unpaired) electrons. The highest BCUT2D eigenvalue weighted by atomic mass is 35.5. The van der Waals surface area contributed by atoms with E-state index in [4.69, 9.17) is 22.1 Å². The van der Waals surface area contributed by atoms with Crippen LogP contribution in [0.3, 0.4) is 0 Å². The Hall–Kier alpha value is -1.96. The molecule has 4 heteroatoms. The van der Waals surface area contributed by atoms with Gasteiger partial charge in [0, 0.05) is 5.54 Å². The molecule has 3 nitrogen and oxygen atoms in total. The van der Waals surface area contributed by atoms with Gasteiger partial charge in [-0.3, -0.25) is 4.79 Å². The molecule has 17 heavy (non-hydrogen) atoms. The van der Waals surface area contributed by atoms with Crippen LogP contribution in [0.5, 0.6) is 0 Å². The fraction of sp³-hybridized carbons (Fsp3) is 0.0769. The molecule has 0 aliphatic carbocycles. The van der Waals surface area contributed by atoms with E-state index in [1.54, 1.807) is 18.2 Å². The SMILES string of the molecule is NC(=O)C(=C=COC/C=C/Cl)c1ccccc1. The maximum absolute atomic E-state index is 11.2. The molecule has 88 valence electrons. The minimum absolute atomic E-state index is 0.278. The van der Waals surface area contributed by atoms with Crippen LogP contribution in [0.2, 0.25) is 0 Å². The Bertz CT molecular complexity index is 460. The third-order valence-corrected chi connectivity index (χ3v) is 2.06. The molecule has 0 bridgehead atoms. The van der Waals surface area contributed by atoms with Crippen molar-refractivity contribution in [2.45, 2.75) is 0 Å². The molecule has 0 aromatic heterocycles. The molecule has 0 aliphatic rings. The van der Waals surface area contributed by atoms with Crippen molar-refractivity contribution in [1.82, 2.24) is 0 Å². The molecule has 0 saturated carbocycles. The normalized spacial score (nSPS) is 9.71. The van der Waals surface area contributed by atoms with Crippen molar-refractivity contribution in [3.63, 3.8) is 0 Å². The van der Waals surface area contributed by atoms with Gasteiger partial charge < -0.3 is 10.5 Å². The van der Waals surface area contributed by atoms with Gasteiger partial charge in [-0.2, -0.15) is 0 Å². The first-order valence-corrected chi connectivity index (χ1v) is 5.36. The largest absolute Gasteiger partial charge is 0.489 e. The first kappa shape index (κ1) is 13.1. The molecule has 1 aromatic rings. The number of primary amides is 1. The zero-order valence-corrected chi connectivity index (χ0v) is 9.85. The van der Waals surface area contributed by atoms with Gasteiger partial charge in [0.1, 0.15) is 12.9 Å². The van der Waals surface area contributed by atoms with Crippen LogP contribution >= 0.6 is 11.6 Å². The molecule has 0 heterocycles. The third-order valence-electron chi connectivity index (χ3n) is 1.88. The number of amides is 1. The predicted octanol–water partition coefficient (Wildman–Crippen LogP) is 2.44. The summed E-state index contributed by atoms with van der Waals surface area (Å²) in [6, 6.07) is 9.04. The molecular weight excluding hydrogens is 238 g/mol. The van der Waals surface area contributed by atoms with E-state index < -0.39 is 5.91 Å². The number of hydrogen-bond acceptors (Lipinski definition) is 2. The second-order valence-corrected chi connectivity index (χ2v) is 3.31. The van der Waals surface area contributed by atoms with Crippen LogP contribution in [0.25, 0.3) is 5.57 Å². The van der Waals surface area contributed by atoms with Crippen LogP contribution in [0.1, 0.15) is 5.56 Å². The number of halogens is 1. The average Bonchev–Trinajstić information content (AvgIpc) is 2.34. The molecule has 2 N–H and O–H groups in total. The van der Waals surface area contributed by atoms with Gasteiger partial charge in [0.15, 0.2) is 0 Å². The zero-order chi connectivity index (χ0) is 12.5. The topological polar surface area (TPSA) is 52.3 Å². The smallest absolute Gasteiger partial charge is 0.257 e. The van der Waals surface area contributed by atoms with E-state index in [2.05, 4.69) is 5.73 Å². The zero-order valence-electron chi connectivity index (χ0n) is 9.10. The third kappa shape index (κ3) is 4.60. The minimum Gasteiger partial charge on any atom is -0.489 e. The van der Waals surface area contributed by atoms with Gasteiger partial charge in [0.2, 0.25) is 0 Å². The van der Waals surface area contributed by atoms with E-state index in [0.29, 0.717) is 12.2 Å². The maximum Gasteiger partial charge on any atom is 0.257 e. The quantitative estimate of drug-likeness (QED) is 0.377. The first-order valence-electron chi connectivity index (χ1n) is 4.93. The molecule has 0 fully saturated rings. The number of rotatable bonds is 5. The maximum atomic E-state index is 11.2. The highest BCUT2D eigenvalue weighted by Gasteiger charge is 2.05. The van der Waals surface area contributed by atoms with Gasteiger partial charge in [0.25, 0.3) is 5.91 Å². The number of carbonyl (C=O) groups excluding carboxylic acids is 1. The van der Waals surface area contributed by atoms with Crippen LogP contribution in [0, 0.1) is 0 Å². The summed E-state index contributed by atoms with van der Waals surface area (Å²) in [7, 11) is 0. The molecule has 1 aromatic carbocycles. The van der Waals surface area contributed by atoms with Crippen molar-refractivity contribution in [2.24, 2.45) is 5.73 Å². The van der Waals surface area contributed by atoms with E-state index >= 15 is 0 Å². The number of nitrogens with two attached hydrogens (primary N) is 1. The molecule has 0 atom stereocenters. The van der Waals surface area contributed by atoms with E-state index in [9.17, 15) is 4.79 Å². The first-order chi connectivity index (χ1) is 8.25. The van der Waals surface area contributed by atoms with Crippen LogP contribution in [-0.2, 0) is 9.53 Å². The average molecular weight is 250 g/mol. The summed E-state index contributed by atoms with van der Waals surface area (Å²) in [6.07, 6.45) is 2.91. The molecule has 0 aliphatic heterocycles. The number of ether oxygens (including phenoxy) is 1. The fourth-order valence-electron chi connectivity index (χ4n) is 1.14. The standard InChI is InChI=1S/C13H12ClNO2/c14-8-4-9-17-10-7-12(13(15)16)11-5-2-1-3-6-11/h1-6,8,10H,9H2,(H2,15,16)/b8-4+. The summed E-state index contributed by atoms with van der Waals surface area (Å²) in [5.41, 5.74) is 10.3. The van der Waals surface area contributed by atoms with Gasteiger partial charge in [-0.15, -0.1) is 0 Å². The monoisotopic (exact) mass is 249 g/mol. The summed E-state index contributed by atoms with van der Waals surface area (Å²) in [5.74, 6) is -0.552. The molecule has 0 saturated heterocycles. The summed E-state index contributed by atoms with van der Waals surface area (Å²) < 4.78 is 5.04. The van der Waals surface area contributed by atoms with Crippen molar-refractivity contribution >= 4 is 23.1 Å². The lowest BCUT2D eigenvalue weighted by Crippen LogP contribution is -2.12. The Labute approximate surface area is 105 Å². The molecule has 0 spiro atoms. The van der Waals surface area contributed by atoms with E-state index in [1.165, 1.54) is 11.8 Å². The lowest BCUT2D eigenvalue weighted by Gasteiger charge is -1.99. The van der Waals surface area contributed by atoms with Gasteiger partial charge in [-0.1, -0.05) is 47.7 Å². The lowest BCUT2D eigenvalue weighted by molar-refractivity contribution is -0.112. The summed E-state index contributed by atoms with van der Waals surface area (Å²) in [5, 5.41) is 0. The second-order valence-electron chi connectivity index (χ2n) is 3.06. The number of benzene rings is 1. The van der Waals surface area contributed by atoms with Crippen molar-refractivity contribution in [3.8, 4) is 0 Å². The van der Waals surface area contributed by atoms with Crippen LogP contribution in [0.15, 0.2) is 53.9 Å². The van der Waals surface area contributed by atoms with Crippen molar-refractivity contribution < 1.29 is 9.53 Å². The highest BCUT2D eigenvalue weighted by Crippen LogP contribution is 2.11. The van der Waals surface area contributed by atoms with Crippen molar-refractivity contribution in [1.29, 1.82) is 0 Å². The summed E-state index contributed by atoms with van der Waals surface area (Å²) in [6.45, 7) is 0.317. The van der Waals surface area contributed by atoms with Gasteiger partial charge in [-0.25, -0.2) is 0 Å². The van der Waals surface area contributed by atoms with Crippen LogP contribution in [0.4, 0.5) is 0 Å². The van der Waals surface area contributed by atoms with E-state index in [-0.39, 0.29) is 5.57 Å². The number of carbonyl (C=O) groups is 1. The second kappa shape index (κ2) is 7.34. The Morgan fingerprint density at radius 3 is 2.71 bits per heavy atom. The van der Waals surface area contributed by atoms with Gasteiger partial charge in [0.05, 0.1) is 5.57 Å². The van der Waals surface area contributed by atoms with Gasteiger partial charge >= 0.3 is 0 Å².